The van der Waals surface area contributed by atoms with Crippen LogP contribution in [0.2, 0.25) is 0 Å². The molecule has 0 saturated carbocycles. The van der Waals surface area contributed by atoms with E-state index in [1.165, 1.54) is 0 Å². The molecule has 1 heterocycles. The van der Waals surface area contributed by atoms with Crippen LogP contribution in [0.4, 0.5) is 4.79 Å². The SMILES string of the molecule is COc1ccc(C[C@@H](Cc2ocnc2C(=O)O)NC(=O)OC(C)(C)C)cc1. The number of ether oxygens (including phenoxy) is 2. The highest BCUT2D eigenvalue weighted by atomic mass is 16.6. The van der Waals surface area contributed by atoms with Gasteiger partial charge in [-0.05, 0) is 44.9 Å². The Kier molecular flexibility index (Phi) is 6.44. The van der Waals surface area contributed by atoms with E-state index in [0.717, 1.165) is 17.7 Å². The first-order valence-corrected chi connectivity index (χ1v) is 8.46. The zero-order valence-corrected chi connectivity index (χ0v) is 15.8. The van der Waals surface area contributed by atoms with Crippen LogP contribution in [-0.2, 0) is 17.6 Å². The number of carbonyl (C=O) groups excluding carboxylic acids is 1. The molecule has 0 spiro atoms. The fourth-order valence-corrected chi connectivity index (χ4v) is 2.51. The summed E-state index contributed by atoms with van der Waals surface area (Å²) in [5.74, 6) is -0.268. The molecular formula is C19H24N2O6. The van der Waals surface area contributed by atoms with Gasteiger partial charge in [0, 0.05) is 12.5 Å². The average Bonchev–Trinajstić information content (AvgIpc) is 3.02. The highest BCUT2D eigenvalue weighted by Crippen LogP contribution is 2.17. The van der Waals surface area contributed by atoms with E-state index in [1.54, 1.807) is 27.9 Å². The van der Waals surface area contributed by atoms with E-state index < -0.39 is 23.7 Å². The number of nitrogens with zero attached hydrogens (tertiary/aromatic N) is 1. The van der Waals surface area contributed by atoms with Crippen LogP contribution in [0.3, 0.4) is 0 Å². The number of carbonyl (C=O) groups is 2. The molecule has 146 valence electrons. The molecule has 0 saturated heterocycles. The van der Waals surface area contributed by atoms with Crippen LogP contribution < -0.4 is 10.1 Å². The van der Waals surface area contributed by atoms with Crippen molar-refractivity contribution in [2.75, 3.05) is 7.11 Å². The van der Waals surface area contributed by atoms with Gasteiger partial charge in [-0.15, -0.1) is 0 Å². The van der Waals surface area contributed by atoms with Gasteiger partial charge in [-0.2, -0.15) is 0 Å². The number of methoxy groups -OCH3 is 1. The fourth-order valence-electron chi connectivity index (χ4n) is 2.51. The Hall–Kier alpha value is -3.03. The number of rotatable bonds is 7. The Labute approximate surface area is 157 Å². The van der Waals surface area contributed by atoms with E-state index >= 15 is 0 Å². The number of aromatic nitrogens is 1. The maximum absolute atomic E-state index is 12.2. The summed E-state index contributed by atoms with van der Waals surface area (Å²) in [6.45, 7) is 5.30. The lowest BCUT2D eigenvalue weighted by Gasteiger charge is -2.23. The molecule has 8 nitrogen and oxygen atoms in total. The third kappa shape index (κ3) is 6.32. The molecular weight excluding hydrogens is 352 g/mol. The van der Waals surface area contributed by atoms with Crippen LogP contribution in [-0.4, -0.2) is 40.9 Å². The second kappa shape index (κ2) is 8.57. The fraction of sp³-hybridized carbons (Fsp3) is 0.421. The van der Waals surface area contributed by atoms with Crippen LogP contribution in [0.5, 0.6) is 5.75 Å². The first kappa shape index (κ1) is 20.3. The van der Waals surface area contributed by atoms with Gasteiger partial charge in [0.2, 0.25) is 0 Å². The smallest absolute Gasteiger partial charge is 0.407 e. The van der Waals surface area contributed by atoms with Crippen molar-refractivity contribution in [1.29, 1.82) is 0 Å². The Bertz CT molecular complexity index is 776. The Morgan fingerprint density at radius 1 is 1.22 bits per heavy atom. The van der Waals surface area contributed by atoms with E-state index in [2.05, 4.69) is 10.3 Å². The minimum atomic E-state index is -1.18. The van der Waals surface area contributed by atoms with Crippen LogP contribution in [0, 0.1) is 0 Å². The third-order valence-electron chi connectivity index (χ3n) is 3.64. The zero-order chi connectivity index (χ0) is 20.0. The minimum absolute atomic E-state index is 0.160. The van der Waals surface area contributed by atoms with Crippen molar-refractivity contribution in [1.82, 2.24) is 10.3 Å². The molecule has 2 rings (SSSR count). The number of nitrogens with one attached hydrogen (secondary N) is 1. The molecule has 1 aromatic heterocycles. The second-order valence-corrected chi connectivity index (χ2v) is 7.03. The van der Waals surface area contributed by atoms with Gasteiger partial charge in [-0.1, -0.05) is 12.1 Å². The molecule has 2 N–H and O–H groups in total. The molecule has 0 unspecified atom stereocenters. The van der Waals surface area contributed by atoms with Crippen molar-refractivity contribution in [2.45, 2.75) is 45.3 Å². The lowest BCUT2D eigenvalue weighted by Crippen LogP contribution is -2.41. The second-order valence-electron chi connectivity index (χ2n) is 7.03. The predicted octanol–water partition coefficient (Wildman–Crippen LogP) is 3.06. The van der Waals surface area contributed by atoms with Gasteiger partial charge in [0.15, 0.2) is 12.1 Å². The van der Waals surface area contributed by atoms with Crippen molar-refractivity contribution in [2.24, 2.45) is 0 Å². The minimum Gasteiger partial charge on any atom is -0.497 e. The highest BCUT2D eigenvalue weighted by molar-refractivity contribution is 5.86. The van der Waals surface area contributed by atoms with Gasteiger partial charge in [-0.25, -0.2) is 14.6 Å². The quantitative estimate of drug-likeness (QED) is 0.764. The molecule has 0 bridgehead atoms. The highest BCUT2D eigenvalue weighted by Gasteiger charge is 2.24. The number of alkyl carbamates (subject to hydrolysis) is 1. The van der Waals surface area contributed by atoms with E-state index in [1.807, 2.05) is 24.3 Å². The molecule has 27 heavy (non-hydrogen) atoms. The summed E-state index contributed by atoms with van der Waals surface area (Å²) < 4.78 is 15.7. The number of oxazole rings is 1. The molecule has 1 aromatic carbocycles. The molecule has 0 radical (unpaired) electrons. The Morgan fingerprint density at radius 2 is 1.89 bits per heavy atom. The van der Waals surface area contributed by atoms with E-state index in [-0.39, 0.29) is 17.9 Å². The largest absolute Gasteiger partial charge is 0.497 e. The summed E-state index contributed by atoms with van der Waals surface area (Å²) in [7, 11) is 1.58. The first-order chi connectivity index (χ1) is 12.7. The molecule has 2 aromatic rings. The maximum atomic E-state index is 12.2. The standard InChI is InChI=1S/C19H24N2O6/c1-19(2,3)27-18(24)21-13(9-12-5-7-14(25-4)8-6-12)10-15-16(17(22)23)20-11-26-15/h5-8,11,13H,9-10H2,1-4H3,(H,21,24)(H,22,23)/t13-/m0/s1. The number of hydrogen-bond acceptors (Lipinski definition) is 6. The van der Waals surface area contributed by atoms with Gasteiger partial charge >= 0.3 is 12.1 Å². The van der Waals surface area contributed by atoms with Crippen LogP contribution >= 0.6 is 0 Å². The van der Waals surface area contributed by atoms with Crippen molar-refractivity contribution in [3.8, 4) is 5.75 Å². The van der Waals surface area contributed by atoms with E-state index in [4.69, 9.17) is 13.9 Å². The summed E-state index contributed by atoms with van der Waals surface area (Å²) in [5.41, 5.74) is 0.127. The number of benzene rings is 1. The Morgan fingerprint density at radius 3 is 2.44 bits per heavy atom. The van der Waals surface area contributed by atoms with Gasteiger partial charge in [0.05, 0.1) is 7.11 Å². The van der Waals surface area contributed by atoms with Crippen molar-refractivity contribution >= 4 is 12.1 Å². The molecule has 1 amide bonds. The molecule has 1 atom stereocenters. The summed E-state index contributed by atoms with van der Waals surface area (Å²) in [6, 6.07) is 6.94. The molecule has 0 aliphatic carbocycles. The lowest BCUT2D eigenvalue weighted by molar-refractivity contribution is 0.0503. The van der Waals surface area contributed by atoms with Crippen LogP contribution in [0.15, 0.2) is 35.1 Å². The summed E-state index contributed by atoms with van der Waals surface area (Å²) in [5, 5.41) is 12.0. The average molecular weight is 376 g/mol. The number of aromatic carboxylic acids is 1. The topological polar surface area (TPSA) is 111 Å². The molecule has 8 heteroatoms. The number of hydrogen-bond donors (Lipinski definition) is 2. The molecule has 0 aliphatic rings. The van der Waals surface area contributed by atoms with Gasteiger partial charge < -0.3 is 24.3 Å². The summed E-state index contributed by atoms with van der Waals surface area (Å²) in [4.78, 5) is 27.2. The van der Waals surface area contributed by atoms with Crippen molar-refractivity contribution < 1.29 is 28.6 Å². The van der Waals surface area contributed by atoms with Gasteiger partial charge in [0.1, 0.15) is 17.1 Å². The summed E-state index contributed by atoms with van der Waals surface area (Å²) >= 11 is 0. The zero-order valence-electron chi connectivity index (χ0n) is 15.8. The van der Waals surface area contributed by atoms with Crippen molar-refractivity contribution in [3.63, 3.8) is 0 Å². The monoisotopic (exact) mass is 376 g/mol. The molecule has 0 fully saturated rings. The van der Waals surface area contributed by atoms with Gasteiger partial charge in [-0.3, -0.25) is 0 Å². The lowest BCUT2D eigenvalue weighted by atomic mass is 10.0. The van der Waals surface area contributed by atoms with Crippen LogP contribution in [0.1, 0.15) is 42.6 Å². The normalized spacial score (nSPS) is 12.3. The third-order valence-corrected chi connectivity index (χ3v) is 3.64. The van der Waals surface area contributed by atoms with Crippen molar-refractivity contribution in [3.05, 3.63) is 47.7 Å². The predicted molar refractivity (Wildman–Crippen MR) is 97.0 cm³/mol. The summed E-state index contributed by atoms with van der Waals surface area (Å²) in [6.07, 6.45) is 1.10. The van der Waals surface area contributed by atoms with Crippen LogP contribution in [0.25, 0.3) is 0 Å². The Balaban J connectivity index is 2.17. The molecule has 0 aliphatic heterocycles. The number of carboxylic acids is 1. The maximum Gasteiger partial charge on any atom is 0.407 e. The van der Waals surface area contributed by atoms with Gasteiger partial charge in [0.25, 0.3) is 0 Å². The number of amides is 1. The van der Waals surface area contributed by atoms with E-state index in [9.17, 15) is 14.7 Å². The number of carboxylic acid groups (broad SMARTS) is 1. The van der Waals surface area contributed by atoms with E-state index in [0.29, 0.717) is 6.42 Å². The first-order valence-electron chi connectivity index (χ1n) is 8.46.